The zero-order valence-electron chi connectivity index (χ0n) is 11.9. The zero-order chi connectivity index (χ0) is 14.5. The molecule has 0 saturated heterocycles. The lowest BCUT2D eigenvalue weighted by Crippen LogP contribution is -2.18. The fourth-order valence-corrected chi connectivity index (χ4v) is 2.87. The summed E-state index contributed by atoms with van der Waals surface area (Å²) in [6.45, 7) is 0. The van der Waals surface area contributed by atoms with Crippen LogP contribution in [0.4, 0.5) is 5.69 Å². The molecule has 110 valence electrons. The number of hydrogen-bond acceptors (Lipinski definition) is 4. The molecule has 1 aliphatic rings. The molecule has 1 aliphatic carbocycles. The van der Waals surface area contributed by atoms with Crippen LogP contribution in [0.5, 0.6) is 0 Å². The number of hydrogen-bond donors (Lipinski definition) is 1. The molecular weight excluding hydrogens is 266 g/mol. The van der Waals surface area contributed by atoms with Crippen LogP contribution in [0.25, 0.3) is 5.69 Å². The molecule has 0 aliphatic heterocycles. The van der Waals surface area contributed by atoms with Gasteiger partial charge in [0.05, 0.1) is 5.69 Å². The van der Waals surface area contributed by atoms with Gasteiger partial charge in [-0.15, -0.1) is 5.10 Å². The molecule has 0 bridgehead atoms. The number of nitrogens with one attached hydrogen (secondary N) is 1. The molecule has 1 aromatic carbocycles. The van der Waals surface area contributed by atoms with Gasteiger partial charge < -0.3 is 5.32 Å². The highest BCUT2D eigenvalue weighted by molar-refractivity contribution is 5.91. The maximum Gasteiger partial charge on any atom is 0.224 e. The molecule has 0 atom stereocenters. The van der Waals surface area contributed by atoms with Crippen LogP contribution in [0.15, 0.2) is 30.6 Å². The molecule has 1 amide bonds. The molecule has 6 nitrogen and oxygen atoms in total. The molecular formula is C15H19N5O. The minimum Gasteiger partial charge on any atom is -0.326 e. The number of amides is 1. The van der Waals surface area contributed by atoms with Crippen LogP contribution in [0.2, 0.25) is 0 Å². The van der Waals surface area contributed by atoms with Gasteiger partial charge in [0, 0.05) is 12.1 Å². The van der Waals surface area contributed by atoms with Gasteiger partial charge in [0.2, 0.25) is 5.91 Å². The highest BCUT2D eigenvalue weighted by atomic mass is 16.1. The van der Waals surface area contributed by atoms with Crippen molar-refractivity contribution in [1.29, 1.82) is 0 Å². The summed E-state index contributed by atoms with van der Waals surface area (Å²) in [7, 11) is 0. The first-order chi connectivity index (χ1) is 10.3. The maximum atomic E-state index is 12.1. The maximum absolute atomic E-state index is 12.1. The highest BCUT2D eigenvalue weighted by Gasteiger charge is 2.17. The van der Waals surface area contributed by atoms with E-state index in [2.05, 4.69) is 20.8 Å². The van der Waals surface area contributed by atoms with Gasteiger partial charge in [0.15, 0.2) is 0 Å². The normalized spacial score (nSPS) is 15.8. The van der Waals surface area contributed by atoms with Crippen molar-refractivity contribution >= 4 is 11.6 Å². The smallest absolute Gasteiger partial charge is 0.224 e. The first-order valence-electron chi connectivity index (χ1n) is 7.44. The second-order valence-electron chi connectivity index (χ2n) is 5.56. The summed E-state index contributed by atoms with van der Waals surface area (Å²) >= 11 is 0. The number of nitrogens with zero attached hydrogens (tertiary/aromatic N) is 4. The molecule has 1 saturated carbocycles. The van der Waals surface area contributed by atoms with Gasteiger partial charge in [-0.25, -0.2) is 4.68 Å². The lowest BCUT2D eigenvalue weighted by Gasteiger charge is -2.20. The lowest BCUT2D eigenvalue weighted by atomic mass is 9.87. The third kappa shape index (κ3) is 3.65. The lowest BCUT2D eigenvalue weighted by molar-refractivity contribution is -0.117. The van der Waals surface area contributed by atoms with Crippen LogP contribution in [0.1, 0.15) is 38.5 Å². The SMILES string of the molecule is O=C(CC1CCCCC1)Nc1cccc(-n2cnnn2)c1. The van der Waals surface area contributed by atoms with Gasteiger partial charge in [-0.1, -0.05) is 25.3 Å². The van der Waals surface area contributed by atoms with Crippen molar-refractivity contribution < 1.29 is 4.79 Å². The van der Waals surface area contributed by atoms with E-state index < -0.39 is 0 Å². The van der Waals surface area contributed by atoms with E-state index in [1.54, 1.807) is 4.68 Å². The van der Waals surface area contributed by atoms with Gasteiger partial charge in [-0.3, -0.25) is 4.79 Å². The third-order valence-electron chi connectivity index (χ3n) is 3.94. The molecule has 1 heterocycles. The molecule has 1 aromatic heterocycles. The molecule has 0 unspecified atom stereocenters. The number of anilines is 1. The van der Waals surface area contributed by atoms with Crippen LogP contribution in [-0.2, 0) is 4.79 Å². The molecule has 0 spiro atoms. The summed E-state index contributed by atoms with van der Waals surface area (Å²) in [5.41, 5.74) is 1.61. The number of rotatable bonds is 4. The first-order valence-corrected chi connectivity index (χ1v) is 7.44. The predicted octanol–water partition coefficient (Wildman–Crippen LogP) is 2.57. The molecule has 1 N–H and O–H groups in total. The molecule has 6 heteroatoms. The van der Waals surface area contributed by atoms with E-state index in [1.807, 2.05) is 24.3 Å². The Balaban J connectivity index is 1.62. The van der Waals surface area contributed by atoms with Crippen molar-refractivity contribution in [2.24, 2.45) is 5.92 Å². The number of tetrazole rings is 1. The second kappa shape index (κ2) is 6.47. The Labute approximate surface area is 123 Å². The summed E-state index contributed by atoms with van der Waals surface area (Å²) in [6.07, 6.45) is 8.33. The quantitative estimate of drug-likeness (QED) is 0.937. The summed E-state index contributed by atoms with van der Waals surface area (Å²) in [6, 6.07) is 7.53. The topological polar surface area (TPSA) is 72.7 Å². The molecule has 1 fully saturated rings. The van der Waals surface area contributed by atoms with E-state index in [1.165, 1.54) is 38.4 Å². The number of carbonyl (C=O) groups is 1. The van der Waals surface area contributed by atoms with Crippen molar-refractivity contribution in [3.8, 4) is 5.69 Å². The Morgan fingerprint density at radius 3 is 2.90 bits per heavy atom. The van der Waals surface area contributed by atoms with Gasteiger partial charge in [-0.05, 0) is 47.4 Å². The van der Waals surface area contributed by atoms with Crippen LogP contribution in [0, 0.1) is 5.92 Å². The van der Waals surface area contributed by atoms with Crippen molar-refractivity contribution in [1.82, 2.24) is 20.2 Å². The van der Waals surface area contributed by atoms with Crippen molar-refractivity contribution in [3.05, 3.63) is 30.6 Å². The Hall–Kier alpha value is -2.24. The average molecular weight is 285 g/mol. The van der Waals surface area contributed by atoms with E-state index >= 15 is 0 Å². The fraction of sp³-hybridized carbons (Fsp3) is 0.467. The standard InChI is InChI=1S/C15H19N5O/c21-15(9-12-5-2-1-3-6-12)17-13-7-4-8-14(10-13)20-11-16-18-19-20/h4,7-8,10-12H,1-3,5-6,9H2,(H,17,21). The monoisotopic (exact) mass is 285 g/mol. The van der Waals surface area contributed by atoms with Crippen LogP contribution in [0.3, 0.4) is 0 Å². The zero-order valence-corrected chi connectivity index (χ0v) is 11.9. The first kappa shape index (κ1) is 13.7. The van der Waals surface area contributed by atoms with E-state index in [4.69, 9.17) is 0 Å². The minimum absolute atomic E-state index is 0.0933. The van der Waals surface area contributed by atoms with E-state index in [9.17, 15) is 4.79 Å². The van der Waals surface area contributed by atoms with Gasteiger partial charge in [0.25, 0.3) is 0 Å². The highest BCUT2D eigenvalue weighted by Crippen LogP contribution is 2.26. The Morgan fingerprint density at radius 1 is 1.29 bits per heavy atom. The molecule has 21 heavy (non-hydrogen) atoms. The van der Waals surface area contributed by atoms with Gasteiger partial charge in [0.1, 0.15) is 6.33 Å². The van der Waals surface area contributed by atoms with Gasteiger partial charge >= 0.3 is 0 Å². The number of benzene rings is 1. The van der Waals surface area contributed by atoms with E-state index in [0.29, 0.717) is 12.3 Å². The summed E-state index contributed by atoms with van der Waals surface area (Å²) < 4.78 is 1.57. The predicted molar refractivity (Wildman–Crippen MR) is 79.0 cm³/mol. The van der Waals surface area contributed by atoms with Gasteiger partial charge in [-0.2, -0.15) is 0 Å². The summed E-state index contributed by atoms with van der Waals surface area (Å²) in [5, 5.41) is 14.0. The van der Waals surface area contributed by atoms with Crippen LogP contribution in [-0.4, -0.2) is 26.1 Å². The van der Waals surface area contributed by atoms with Crippen molar-refractivity contribution in [2.75, 3.05) is 5.32 Å². The van der Waals surface area contributed by atoms with E-state index in [0.717, 1.165) is 11.4 Å². The van der Waals surface area contributed by atoms with E-state index in [-0.39, 0.29) is 5.91 Å². The summed E-state index contributed by atoms with van der Waals surface area (Å²) in [5.74, 6) is 0.636. The summed E-state index contributed by atoms with van der Waals surface area (Å²) in [4.78, 5) is 12.1. The van der Waals surface area contributed by atoms with Crippen LogP contribution < -0.4 is 5.32 Å². The Bertz CT molecular complexity index is 590. The average Bonchev–Trinajstić information content (AvgIpc) is 3.02. The minimum atomic E-state index is 0.0933. The molecule has 3 rings (SSSR count). The third-order valence-corrected chi connectivity index (χ3v) is 3.94. The largest absolute Gasteiger partial charge is 0.326 e. The molecule has 0 radical (unpaired) electrons. The molecule has 2 aromatic rings. The Kier molecular flexibility index (Phi) is 4.23. The van der Waals surface area contributed by atoms with Crippen molar-refractivity contribution in [3.63, 3.8) is 0 Å². The number of carbonyl (C=O) groups excluding carboxylic acids is 1. The Morgan fingerprint density at radius 2 is 2.14 bits per heavy atom. The fourth-order valence-electron chi connectivity index (χ4n) is 2.87. The van der Waals surface area contributed by atoms with Crippen molar-refractivity contribution in [2.45, 2.75) is 38.5 Å². The second-order valence-corrected chi connectivity index (χ2v) is 5.56. The number of aromatic nitrogens is 4. The van der Waals surface area contributed by atoms with Crippen LogP contribution >= 0.6 is 0 Å².